The normalized spacial score (nSPS) is 22.3. The van der Waals surface area contributed by atoms with Gasteiger partial charge in [0.15, 0.2) is 0 Å². The number of rotatable bonds is 2. The van der Waals surface area contributed by atoms with Gasteiger partial charge in [-0.25, -0.2) is 9.98 Å². The maximum absolute atomic E-state index is 5.48. The van der Waals surface area contributed by atoms with E-state index in [2.05, 4.69) is 32.9 Å². The van der Waals surface area contributed by atoms with Gasteiger partial charge >= 0.3 is 0 Å². The van der Waals surface area contributed by atoms with Crippen LogP contribution < -0.4 is 0 Å². The average Bonchev–Trinajstić information content (AvgIpc) is 2.46. The summed E-state index contributed by atoms with van der Waals surface area (Å²) in [6, 6.07) is 10.0. The summed E-state index contributed by atoms with van der Waals surface area (Å²) in [6.45, 7) is 6.38. The van der Waals surface area contributed by atoms with Gasteiger partial charge in [-0.1, -0.05) is 51.1 Å². The molecule has 0 saturated heterocycles. The molecular weight excluding hydrogens is 264 g/mol. The molecule has 1 heterocycles. The van der Waals surface area contributed by atoms with E-state index in [1.165, 1.54) is 5.56 Å². The van der Waals surface area contributed by atoms with Crippen LogP contribution in [0.3, 0.4) is 0 Å². The summed E-state index contributed by atoms with van der Waals surface area (Å²) < 4.78 is 11.0. The van der Waals surface area contributed by atoms with Crippen LogP contribution in [0.1, 0.15) is 26.3 Å². The van der Waals surface area contributed by atoms with Crippen molar-refractivity contribution in [3.05, 3.63) is 35.9 Å². The van der Waals surface area contributed by atoms with Gasteiger partial charge in [0, 0.05) is 6.42 Å². The fraction of sp³-hybridized carbons (Fsp3) is 0.529. The van der Waals surface area contributed by atoms with Crippen molar-refractivity contribution in [3.63, 3.8) is 0 Å². The van der Waals surface area contributed by atoms with Crippen LogP contribution in [-0.2, 0) is 15.9 Å². The van der Waals surface area contributed by atoms with Gasteiger partial charge in [-0.3, -0.25) is 0 Å². The van der Waals surface area contributed by atoms with Crippen LogP contribution in [0.5, 0.6) is 0 Å². The van der Waals surface area contributed by atoms with Crippen molar-refractivity contribution in [3.8, 4) is 0 Å². The molecule has 1 aliphatic rings. The molecule has 0 unspecified atom stereocenters. The Hall–Kier alpha value is -1.84. The van der Waals surface area contributed by atoms with Gasteiger partial charge in [-0.15, -0.1) is 0 Å². The lowest BCUT2D eigenvalue weighted by molar-refractivity contribution is 0.289. The molecule has 21 heavy (non-hydrogen) atoms. The summed E-state index contributed by atoms with van der Waals surface area (Å²) in [5, 5.41) is 0. The first-order valence-electron chi connectivity index (χ1n) is 7.23. The van der Waals surface area contributed by atoms with E-state index in [1.54, 1.807) is 14.2 Å². The lowest BCUT2D eigenvalue weighted by Crippen LogP contribution is -2.42. The first-order valence-corrected chi connectivity index (χ1v) is 7.23. The van der Waals surface area contributed by atoms with Crippen molar-refractivity contribution >= 4 is 11.8 Å². The molecule has 0 fully saturated rings. The second-order valence-corrected chi connectivity index (χ2v) is 6.32. The molecule has 2 rings (SSSR count). The number of hydrogen-bond donors (Lipinski definition) is 0. The molecule has 114 valence electrons. The summed E-state index contributed by atoms with van der Waals surface area (Å²) in [6.07, 6.45) is 0.761. The quantitative estimate of drug-likeness (QED) is 0.839. The van der Waals surface area contributed by atoms with E-state index in [9.17, 15) is 0 Å². The van der Waals surface area contributed by atoms with Crippen molar-refractivity contribution in [2.24, 2.45) is 15.4 Å². The number of nitrogens with zero attached hydrogens (tertiary/aromatic N) is 2. The summed E-state index contributed by atoms with van der Waals surface area (Å²) in [5.41, 5.74) is 1.15. The van der Waals surface area contributed by atoms with Gasteiger partial charge in [0.1, 0.15) is 12.1 Å². The van der Waals surface area contributed by atoms with Crippen LogP contribution in [0.2, 0.25) is 0 Å². The van der Waals surface area contributed by atoms with Crippen LogP contribution in [0.25, 0.3) is 0 Å². The molecule has 0 bridgehead atoms. The zero-order valence-electron chi connectivity index (χ0n) is 13.5. The predicted octanol–water partition coefficient (Wildman–Crippen LogP) is 3.12. The van der Waals surface area contributed by atoms with Crippen molar-refractivity contribution in [2.45, 2.75) is 39.3 Å². The predicted molar refractivity (Wildman–Crippen MR) is 86.1 cm³/mol. The second kappa shape index (κ2) is 6.29. The van der Waals surface area contributed by atoms with Gasteiger partial charge in [0.2, 0.25) is 11.8 Å². The maximum atomic E-state index is 5.48. The summed E-state index contributed by atoms with van der Waals surface area (Å²) >= 11 is 0. The van der Waals surface area contributed by atoms with E-state index in [0.717, 1.165) is 6.42 Å². The first-order chi connectivity index (χ1) is 9.95. The topological polar surface area (TPSA) is 43.2 Å². The molecule has 0 aliphatic carbocycles. The Morgan fingerprint density at radius 1 is 0.952 bits per heavy atom. The first kappa shape index (κ1) is 15.5. The molecule has 0 amide bonds. The number of ether oxygens (including phenoxy) is 2. The van der Waals surface area contributed by atoms with Crippen LogP contribution >= 0.6 is 0 Å². The molecule has 4 heteroatoms. The van der Waals surface area contributed by atoms with Crippen molar-refractivity contribution in [2.75, 3.05) is 14.2 Å². The van der Waals surface area contributed by atoms with Gasteiger partial charge < -0.3 is 9.47 Å². The zero-order valence-corrected chi connectivity index (χ0v) is 13.5. The van der Waals surface area contributed by atoms with Gasteiger partial charge in [-0.2, -0.15) is 0 Å². The van der Waals surface area contributed by atoms with Crippen molar-refractivity contribution in [1.29, 1.82) is 0 Å². The third kappa shape index (κ3) is 3.63. The van der Waals surface area contributed by atoms with E-state index in [1.807, 2.05) is 18.2 Å². The number of aliphatic imine (C=N–C) groups is 2. The minimum Gasteiger partial charge on any atom is -0.483 e. The molecular formula is C17H24N2O2. The number of benzene rings is 1. The van der Waals surface area contributed by atoms with Gasteiger partial charge in [-0.05, 0) is 11.0 Å². The fourth-order valence-corrected chi connectivity index (χ4v) is 2.44. The molecule has 2 atom stereocenters. The number of hydrogen-bond acceptors (Lipinski definition) is 4. The standard InChI is InChI=1S/C17H24N2O2/c1-17(2,3)14-16(21-5)18-13(15(19-14)20-4)11-12-9-7-6-8-10-12/h6-10,13-14H,11H2,1-5H3/t13-,14-/m1/s1. The molecule has 1 aromatic rings. The smallest absolute Gasteiger partial charge is 0.210 e. The Labute approximate surface area is 126 Å². The lowest BCUT2D eigenvalue weighted by atomic mass is 9.86. The molecule has 0 aromatic heterocycles. The summed E-state index contributed by atoms with van der Waals surface area (Å²) in [7, 11) is 3.31. The fourth-order valence-electron chi connectivity index (χ4n) is 2.44. The summed E-state index contributed by atoms with van der Waals surface area (Å²) in [5.74, 6) is 1.36. The Morgan fingerprint density at radius 2 is 1.57 bits per heavy atom. The average molecular weight is 288 g/mol. The minimum atomic E-state index is -0.119. The van der Waals surface area contributed by atoms with Crippen LogP contribution in [0.15, 0.2) is 40.3 Å². The Bertz CT molecular complexity index is 529. The maximum Gasteiger partial charge on any atom is 0.210 e. The highest BCUT2D eigenvalue weighted by atomic mass is 16.5. The van der Waals surface area contributed by atoms with Crippen molar-refractivity contribution < 1.29 is 9.47 Å². The van der Waals surface area contributed by atoms with Crippen LogP contribution in [-0.4, -0.2) is 38.1 Å². The molecule has 0 N–H and O–H groups in total. The van der Waals surface area contributed by atoms with E-state index >= 15 is 0 Å². The van der Waals surface area contributed by atoms with Crippen LogP contribution in [0, 0.1) is 5.41 Å². The Morgan fingerprint density at radius 3 is 2.10 bits per heavy atom. The molecule has 0 saturated carbocycles. The summed E-state index contributed by atoms with van der Waals surface area (Å²) in [4.78, 5) is 9.47. The zero-order chi connectivity index (χ0) is 15.5. The van der Waals surface area contributed by atoms with Gasteiger partial charge in [0.05, 0.1) is 14.2 Å². The number of methoxy groups -OCH3 is 2. The third-order valence-corrected chi connectivity index (χ3v) is 3.57. The Kier molecular flexibility index (Phi) is 4.66. The van der Waals surface area contributed by atoms with E-state index in [0.29, 0.717) is 11.8 Å². The van der Waals surface area contributed by atoms with E-state index in [-0.39, 0.29) is 17.5 Å². The molecule has 4 nitrogen and oxygen atoms in total. The largest absolute Gasteiger partial charge is 0.483 e. The Balaban J connectivity index is 2.28. The highest BCUT2D eigenvalue weighted by Crippen LogP contribution is 2.28. The van der Waals surface area contributed by atoms with E-state index < -0.39 is 0 Å². The highest BCUT2D eigenvalue weighted by Gasteiger charge is 2.36. The molecule has 1 aromatic carbocycles. The van der Waals surface area contributed by atoms with Gasteiger partial charge in [0.25, 0.3) is 0 Å². The molecule has 0 spiro atoms. The minimum absolute atomic E-state index is 0.0592. The van der Waals surface area contributed by atoms with E-state index in [4.69, 9.17) is 19.5 Å². The van der Waals surface area contributed by atoms with Crippen LogP contribution in [0.4, 0.5) is 0 Å². The third-order valence-electron chi connectivity index (χ3n) is 3.57. The lowest BCUT2D eigenvalue weighted by Gasteiger charge is -2.32. The monoisotopic (exact) mass is 288 g/mol. The highest BCUT2D eigenvalue weighted by molar-refractivity contribution is 5.94. The molecule has 1 aliphatic heterocycles. The molecule has 0 radical (unpaired) electrons. The van der Waals surface area contributed by atoms with Crippen molar-refractivity contribution in [1.82, 2.24) is 0 Å². The second-order valence-electron chi connectivity index (χ2n) is 6.32. The SMILES string of the molecule is COC1=N[C@H](Cc2ccccc2)C(OC)=N[C@H]1C(C)(C)C.